The van der Waals surface area contributed by atoms with Crippen LogP contribution < -0.4 is 10.3 Å². The SMILES string of the molecule is N#Cc1cncc(Cn2nc(-c3ccc(OC(F)P)nc3)ccc2=O)c1. The molecule has 2 atom stereocenters. The molecule has 26 heavy (non-hydrogen) atoms. The molecule has 0 saturated heterocycles. The molecule has 0 amide bonds. The van der Waals surface area contributed by atoms with Crippen molar-refractivity contribution in [2.45, 2.75) is 12.6 Å². The van der Waals surface area contributed by atoms with E-state index in [2.05, 4.69) is 15.1 Å². The van der Waals surface area contributed by atoms with Crippen molar-refractivity contribution in [3.05, 3.63) is 70.4 Å². The fourth-order valence-corrected chi connectivity index (χ4v) is 2.38. The van der Waals surface area contributed by atoms with Crippen LogP contribution in [0.1, 0.15) is 11.1 Å². The van der Waals surface area contributed by atoms with Gasteiger partial charge in [-0.05, 0) is 23.8 Å². The molecule has 0 N–H and O–H groups in total. The second-order valence-electron chi connectivity index (χ2n) is 5.26. The minimum atomic E-state index is -1.54. The van der Waals surface area contributed by atoms with Crippen LogP contribution in [0, 0.1) is 11.3 Å². The molecule has 7 nitrogen and oxygen atoms in total. The van der Waals surface area contributed by atoms with Gasteiger partial charge in [0.15, 0.2) is 0 Å². The Bertz CT molecular complexity index is 1010. The molecule has 130 valence electrons. The predicted octanol–water partition coefficient (Wildman–Crippen LogP) is 2.13. The molecule has 2 unspecified atom stereocenters. The van der Waals surface area contributed by atoms with Gasteiger partial charge in [-0.3, -0.25) is 9.78 Å². The van der Waals surface area contributed by atoms with Crippen molar-refractivity contribution in [2.24, 2.45) is 0 Å². The molecule has 0 aliphatic rings. The van der Waals surface area contributed by atoms with Crippen molar-refractivity contribution in [2.75, 3.05) is 0 Å². The maximum atomic E-state index is 12.8. The number of nitrogens with zero attached hydrogens (tertiary/aromatic N) is 5. The lowest BCUT2D eigenvalue weighted by atomic mass is 10.2. The summed E-state index contributed by atoms with van der Waals surface area (Å²) in [4.78, 5) is 20.1. The summed E-state index contributed by atoms with van der Waals surface area (Å²) in [6.07, 6.45) is 2.97. The number of halogens is 1. The van der Waals surface area contributed by atoms with E-state index in [4.69, 9.17) is 10.00 Å². The Hall–Kier alpha value is -3.17. The molecule has 3 rings (SSSR count). The van der Waals surface area contributed by atoms with Crippen LogP contribution in [-0.2, 0) is 6.54 Å². The highest BCUT2D eigenvalue weighted by Crippen LogP contribution is 2.19. The summed E-state index contributed by atoms with van der Waals surface area (Å²) in [5, 5.41) is 13.3. The first-order valence-electron chi connectivity index (χ1n) is 7.50. The van der Waals surface area contributed by atoms with Gasteiger partial charge in [0.2, 0.25) is 5.88 Å². The molecule has 0 aliphatic heterocycles. The molecule has 0 aliphatic carbocycles. The van der Waals surface area contributed by atoms with E-state index < -0.39 is 6.10 Å². The monoisotopic (exact) mass is 369 g/mol. The molecule has 3 heterocycles. The van der Waals surface area contributed by atoms with Crippen LogP contribution >= 0.6 is 9.24 Å². The van der Waals surface area contributed by atoms with E-state index in [9.17, 15) is 9.18 Å². The molecule has 3 aromatic heterocycles. The topological polar surface area (TPSA) is 93.7 Å². The van der Waals surface area contributed by atoms with E-state index in [0.717, 1.165) is 0 Å². The molecule has 0 saturated carbocycles. The third kappa shape index (κ3) is 4.26. The number of pyridine rings is 2. The first kappa shape index (κ1) is 17.6. The van der Waals surface area contributed by atoms with Gasteiger partial charge in [0.05, 0.1) is 17.8 Å². The van der Waals surface area contributed by atoms with Crippen molar-refractivity contribution in [1.29, 1.82) is 5.26 Å². The van der Waals surface area contributed by atoms with Crippen molar-refractivity contribution in [3.63, 3.8) is 0 Å². The number of nitriles is 1. The first-order chi connectivity index (χ1) is 12.5. The zero-order chi connectivity index (χ0) is 18.5. The van der Waals surface area contributed by atoms with Gasteiger partial charge in [-0.1, -0.05) is 9.24 Å². The van der Waals surface area contributed by atoms with Crippen LogP contribution in [0.3, 0.4) is 0 Å². The van der Waals surface area contributed by atoms with Gasteiger partial charge >= 0.3 is 0 Å². The lowest BCUT2D eigenvalue weighted by molar-refractivity contribution is 0.147. The summed E-state index contributed by atoms with van der Waals surface area (Å²) in [7, 11) is 1.87. The Morgan fingerprint density at radius 1 is 1.27 bits per heavy atom. The summed E-state index contributed by atoms with van der Waals surface area (Å²) in [6, 6.07) is 9.82. The molecule has 0 radical (unpaired) electrons. The molecule has 0 aromatic carbocycles. The fraction of sp³-hybridized carbons (Fsp3) is 0.118. The largest absolute Gasteiger partial charge is 0.440 e. The Labute approximate surface area is 150 Å². The number of rotatable bonds is 5. The summed E-state index contributed by atoms with van der Waals surface area (Å²) >= 11 is 0. The Kier molecular flexibility index (Phi) is 5.30. The standard InChI is InChI=1S/C17H13FN5O2P/c18-17(26)25-15-3-1-13(9-21-15)14-2-4-16(24)23(22-14)10-12-5-11(6-19)7-20-8-12/h1-5,7-9,17H,10,26H2. The Morgan fingerprint density at radius 2 is 2.12 bits per heavy atom. The van der Waals surface area contributed by atoms with Gasteiger partial charge in [0.1, 0.15) is 6.07 Å². The molecular weight excluding hydrogens is 356 g/mol. The quantitative estimate of drug-likeness (QED) is 0.640. The molecule has 9 heteroatoms. The van der Waals surface area contributed by atoms with Crippen LogP contribution in [0.15, 0.2) is 53.7 Å². The minimum absolute atomic E-state index is 0.143. The number of hydrogen-bond acceptors (Lipinski definition) is 6. The van der Waals surface area contributed by atoms with Crippen molar-refractivity contribution >= 4 is 9.24 Å². The van der Waals surface area contributed by atoms with E-state index in [1.165, 1.54) is 29.2 Å². The smallest absolute Gasteiger partial charge is 0.267 e. The maximum Gasteiger partial charge on any atom is 0.267 e. The Morgan fingerprint density at radius 3 is 2.81 bits per heavy atom. The number of hydrogen-bond donors (Lipinski definition) is 0. The van der Waals surface area contributed by atoms with E-state index in [1.807, 2.05) is 15.3 Å². The zero-order valence-electron chi connectivity index (χ0n) is 13.4. The van der Waals surface area contributed by atoms with E-state index >= 15 is 0 Å². The maximum absolute atomic E-state index is 12.8. The molecule has 0 bridgehead atoms. The number of aromatic nitrogens is 4. The van der Waals surface area contributed by atoms with Crippen LogP contribution in [-0.4, -0.2) is 25.8 Å². The van der Waals surface area contributed by atoms with Gasteiger partial charge in [0.25, 0.3) is 11.7 Å². The summed E-state index contributed by atoms with van der Waals surface area (Å²) < 4.78 is 18.9. The summed E-state index contributed by atoms with van der Waals surface area (Å²) in [6.45, 7) is 0.181. The van der Waals surface area contributed by atoms with Crippen LogP contribution in [0.5, 0.6) is 5.88 Å². The predicted molar refractivity (Wildman–Crippen MR) is 95.0 cm³/mol. The fourth-order valence-electron chi connectivity index (χ4n) is 2.24. The van der Waals surface area contributed by atoms with Gasteiger partial charge in [-0.2, -0.15) is 14.8 Å². The lowest BCUT2D eigenvalue weighted by Crippen LogP contribution is -2.23. The molecular formula is C17H13FN5O2P. The van der Waals surface area contributed by atoms with Crippen molar-refractivity contribution in [3.8, 4) is 23.2 Å². The van der Waals surface area contributed by atoms with E-state index in [-0.39, 0.29) is 18.0 Å². The molecule has 3 aromatic rings. The van der Waals surface area contributed by atoms with Crippen LogP contribution in [0.25, 0.3) is 11.3 Å². The summed E-state index contributed by atoms with van der Waals surface area (Å²) in [5.74, 6) is 0.143. The first-order valence-corrected chi connectivity index (χ1v) is 8.17. The highest BCUT2D eigenvalue weighted by molar-refractivity contribution is 7.16. The van der Waals surface area contributed by atoms with E-state index in [0.29, 0.717) is 22.4 Å². The highest BCUT2D eigenvalue weighted by atomic mass is 31.0. The summed E-state index contributed by atoms with van der Waals surface area (Å²) in [5.41, 5.74) is 1.98. The van der Waals surface area contributed by atoms with E-state index in [1.54, 1.807) is 24.4 Å². The average molecular weight is 369 g/mol. The zero-order valence-corrected chi connectivity index (χ0v) is 14.6. The average Bonchev–Trinajstić information content (AvgIpc) is 2.64. The highest BCUT2D eigenvalue weighted by Gasteiger charge is 2.07. The second-order valence-corrected chi connectivity index (χ2v) is 5.79. The second kappa shape index (κ2) is 7.81. The van der Waals surface area contributed by atoms with Gasteiger partial charge in [-0.25, -0.2) is 9.67 Å². The van der Waals surface area contributed by atoms with Crippen LogP contribution in [0.4, 0.5) is 4.39 Å². The van der Waals surface area contributed by atoms with Gasteiger partial charge in [0, 0.05) is 36.3 Å². The third-order valence-electron chi connectivity index (χ3n) is 3.39. The Balaban J connectivity index is 1.87. The van der Waals surface area contributed by atoms with Crippen molar-refractivity contribution < 1.29 is 9.13 Å². The van der Waals surface area contributed by atoms with Crippen molar-refractivity contribution in [1.82, 2.24) is 19.7 Å². The number of alkyl halides is 1. The minimum Gasteiger partial charge on any atom is -0.440 e. The third-order valence-corrected chi connectivity index (χ3v) is 3.52. The lowest BCUT2D eigenvalue weighted by Gasteiger charge is -2.08. The van der Waals surface area contributed by atoms with Gasteiger partial charge in [-0.15, -0.1) is 0 Å². The normalized spacial score (nSPS) is 11.6. The molecule has 0 spiro atoms. The van der Waals surface area contributed by atoms with Crippen LogP contribution in [0.2, 0.25) is 0 Å². The van der Waals surface area contributed by atoms with Gasteiger partial charge < -0.3 is 4.74 Å². The number of ether oxygens (including phenoxy) is 1. The molecule has 0 fully saturated rings.